The highest BCUT2D eigenvalue weighted by molar-refractivity contribution is 6.09. The topological polar surface area (TPSA) is 87.5 Å². The highest BCUT2D eigenvalue weighted by Gasteiger charge is 2.55. The lowest BCUT2D eigenvalue weighted by molar-refractivity contribution is -0.136. The molecule has 2 aliphatic rings. The fraction of sp³-hybridized carbons (Fsp3) is 0.429. The van der Waals surface area contributed by atoms with E-state index in [0.29, 0.717) is 18.5 Å². The minimum absolute atomic E-state index is 0.277. The smallest absolute Gasteiger partial charge is 0.313 e. The van der Waals surface area contributed by atoms with Crippen molar-refractivity contribution in [2.45, 2.75) is 37.6 Å². The van der Waals surface area contributed by atoms with Crippen LogP contribution in [0, 0.1) is 5.82 Å². The van der Waals surface area contributed by atoms with Gasteiger partial charge in [0.25, 0.3) is 5.91 Å². The number of carbonyl (C=O) groups excluding carboxylic acids is 3. The molecule has 2 fully saturated rings. The molecule has 1 aliphatic heterocycles. The summed E-state index contributed by atoms with van der Waals surface area (Å²) in [7, 11) is 3.36. The molecule has 8 nitrogen and oxygen atoms in total. The van der Waals surface area contributed by atoms with Gasteiger partial charge in [-0.15, -0.1) is 0 Å². The standard InChI is InChI=1S/C21H24FN5O3/c1-25-16(14-6-8-15(22)9-7-14)12-23-19(25)24-17(28)13-27-18(29)21(26(2)20(27)30)10-4-3-5-11-21/h6-9,12H,3-5,10-11,13H2,1-2H3,(H,23,24,28). The molecule has 0 bridgehead atoms. The summed E-state index contributed by atoms with van der Waals surface area (Å²) in [5.74, 6) is -0.858. The molecule has 2 heterocycles. The van der Waals surface area contributed by atoms with Crippen molar-refractivity contribution in [3.8, 4) is 11.3 Å². The predicted molar refractivity (Wildman–Crippen MR) is 108 cm³/mol. The number of urea groups is 1. The highest BCUT2D eigenvalue weighted by Crippen LogP contribution is 2.39. The molecule has 0 unspecified atom stereocenters. The monoisotopic (exact) mass is 413 g/mol. The van der Waals surface area contributed by atoms with Gasteiger partial charge < -0.3 is 9.47 Å². The lowest BCUT2D eigenvalue weighted by Gasteiger charge is -2.35. The Hall–Kier alpha value is -3.23. The molecule has 1 N–H and O–H groups in total. The summed E-state index contributed by atoms with van der Waals surface area (Å²) >= 11 is 0. The minimum Gasteiger partial charge on any atom is -0.313 e. The first-order valence-corrected chi connectivity index (χ1v) is 10.0. The van der Waals surface area contributed by atoms with E-state index >= 15 is 0 Å². The van der Waals surface area contributed by atoms with Crippen molar-refractivity contribution in [2.24, 2.45) is 7.05 Å². The molecule has 30 heavy (non-hydrogen) atoms. The van der Waals surface area contributed by atoms with Crippen molar-refractivity contribution in [3.63, 3.8) is 0 Å². The fourth-order valence-corrected chi connectivity index (χ4v) is 4.39. The van der Waals surface area contributed by atoms with E-state index in [4.69, 9.17) is 0 Å². The van der Waals surface area contributed by atoms with Gasteiger partial charge in [0.1, 0.15) is 17.9 Å². The third-order valence-electron chi connectivity index (χ3n) is 6.16. The SMILES string of the molecule is CN1C(=O)N(CC(=O)Nc2ncc(-c3ccc(F)cc3)n2C)C(=O)C12CCCCC2. The molecule has 4 rings (SSSR count). The number of likely N-dealkylation sites (N-methyl/N-ethyl adjacent to an activating group) is 1. The maximum atomic E-state index is 13.2. The maximum Gasteiger partial charge on any atom is 0.327 e. The van der Waals surface area contributed by atoms with Crippen molar-refractivity contribution in [2.75, 3.05) is 18.9 Å². The van der Waals surface area contributed by atoms with Crippen molar-refractivity contribution < 1.29 is 18.8 Å². The third kappa shape index (κ3) is 3.24. The number of nitrogens with one attached hydrogen (secondary N) is 1. The quantitative estimate of drug-likeness (QED) is 0.781. The molecule has 158 valence electrons. The zero-order chi connectivity index (χ0) is 21.5. The molecule has 1 saturated heterocycles. The molecule has 1 saturated carbocycles. The van der Waals surface area contributed by atoms with E-state index in [9.17, 15) is 18.8 Å². The molecule has 2 aromatic rings. The molecule has 0 radical (unpaired) electrons. The van der Waals surface area contributed by atoms with Crippen LogP contribution in [0.25, 0.3) is 11.3 Å². The molecular weight excluding hydrogens is 389 g/mol. The van der Waals surface area contributed by atoms with Gasteiger partial charge in [0.2, 0.25) is 11.9 Å². The summed E-state index contributed by atoms with van der Waals surface area (Å²) in [6.45, 7) is -0.359. The van der Waals surface area contributed by atoms with Crippen LogP contribution in [0.3, 0.4) is 0 Å². The lowest BCUT2D eigenvalue weighted by Crippen LogP contribution is -2.49. The van der Waals surface area contributed by atoms with E-state index in [1.807, 2.05) is 0 Å². The molecule has 9 heteroatoms. The first-order chi connectivity index (χ1) is 14.3. The van der Waals surface area contributed by atoms with Gasteiger partial charge in [-0.3, -0.25) is 19.8 Å². The summed E-state index contributed by atoms with van der Waals surface area (Å²) < 4.78 is 14.8. The van der Waals surface area contributed by atoms with Crippen LogP contribution in [0.4, 0.5) is 15.1 Å². The second kappa shape index (κ2) is 7.55. The Labute approximate surface area is 173 Å². The Bertz CT molecular complexity index is 995. The number of nitrogens with zero attached hydrogens (tertiary/aromatic N) is 4. The highest BCUT2D eigenvalue weighted by atomic mass is 19.1. The van der Waals surface area contributed by atoms with Crippen LogP contribution in [0.1, 0.15) is 32.1 Å². The van der Waals surface area contributed by atoms with Gasteiger partial charge >= 0.3 is 6.03 Å². The van der Waals surface area contributed by atoms with E-state index in [-0.39, 0.29) is 24.2 Å². The maximum absolute atomic E-state index is 13.2. The van der Waals surface area contributed by atoms with Gasteiger partial charge in [0.15, 0.2) is 0 Å². The van der Waals surface area contributed by atoms with Crippen molar-refractivity contribution >= 4 is 23.8 Å². The number of aromatic nitrogens is 2. The number of carbonyl (C=O) groups is 3. The van der Waals surface area contributed by atoms with Crippen LogP contribution in [0.2, 0.25) is 0 Å². The van der Waals surface area contributed by atoms with E-state index in [1.54, 1.807) is 37.0 Å². The summed E-state index contributed by atoms with van der Waals surface area (Å²) in [5, 5.41) is 2.66. The molecule has 4 amide bonds. The Kier molecular flexibility index (Phi) is 5.05. The third-order valence-corrected chi connectivity index (χ3v) is 6.16. The molecule has 1 aromatic carbocycles. The number of halogens is 1. The number of rotatable bonds is 4. The van der Waals surface area contributed by atoms with Gasteiger partial charge in [-0.05, 0) is 37.1 Å². The van der Waals surface area contributed by atoms with Crippen molar-refractivity contribution in [3.05, 3.63) is 36.3 Å². The average Bonchev–Trinajstić information content (AvgIpc) is 3.17. The van der Waals surface area contributed by atoms with Crippen molar-refractivity contribution in [1.82, 2.24) is 19.4 Å². The molecule has 1 spiro atoms. The number of amides is 4. The zero-order valence-corrected chi connectivity index (χ0v) is 17.0. The first kappa shape index (κ1) is 20.1. The summed E-state index contributed by atoms with van der Waals surface area (Å²) in [6.07, 6.45) is 5.66. The Morgan fingerprint density at radius 1 is 1.13 bits per heavy atom. The van der Waals surface area contributed by atoms with Crippen LogP contribution >= 0.6 is 0 Å². The summed E-state index contributed by atoms with van der Waals surface area (Å²) in [6, 6.07) is 5.51. The van der Waals surface area contributed by atoms with E-state index in [1.165, 1.54) is 17.0 Å². The number of imidazole rings is 1. The average molecular weight is 413 g/mol. The van der Waals surface area contributed by atoms with Crippen molar-refractivity contribution in [1.29, 1.82) is 0 Å². The van der Waals surface area contributed by atoms with Gasteiger partial charge in [-0.1, -0.05) is 19.3 Å². The van der Waals surface area contributed by atoms with E-state index in [2.05, 4.69) is 10.3 Å². The molecule has 0 atom stereocenters. The Morgan fingerprint density at radius 3 is 2.47 bits per heavy atom. The second-order valence-corrected chi connectivity index (χ2v) is 7.91. The lowest BCUT2D eigenvalue weighted by atomic mass is 9.81. The van der Waals surface area contributed by atoms with Crippen LogP contribution in [-0.4, -0.2) is 56.3 Å². The fourth-order valence-electron chi connectivity index (χ4n) is 4.39. The van der Waals surface area contributed by atoms with Crippen LogP contribution in [0.15, 0.2) is 30.5 Å². The first-order valence-electron chi connectivity index (χ1n) is 10.0. The van der Waals surface area contributed by atoms with Gasteiger partial charge in [-0.2, -0.15) is 0 Å². The largest absolute Gasteiger partial charge is 0.327 e. The second-order valence-electron chi connectivity index (χ2n) is 7.91. The van der Waals surface area contributed by atoms with Gasteiger partial charge in [-0.25, -0.2) is 14.2 Å². The van der Waals surface area contributed by atoms with Crippen LogP contribution in [0.5, 0.6) is 0 Å². The number of hydrogen-bond donors (Lipinski definition) is 1. The van der Waals surface area contributed by atoms with E-state index in [0.717, 1.165) is 29.7 Å². The number of anilines is 1. The van der Waals surface area contributed by atoms with Crippen LogP contribution < -0.4 is 5.32 Å². The summed E-state index contributed by atoms with van der Waals surface area (Å²) in [5.41, 5.74) is 0.631. The van der Waals surface area contributed by atoms with E-state index < -0.39 is 17.5 Å². The number of imide groups is 1. The normalized spacial score (nSPS) is 18.4. The Balaban J connectivity index is 1.47. The molecule has 1 aliphatic carbocycles. The Morgan fingerprint density at radius 2 is 1.80 bits per heavy atom. The zero-order valence-electron chi connectivity index (χ0n) is 17.0. The number of hydrogen-bond acceptors (Lipinski definition) is 4. The predicted octanol–water partition coefficient (Wildman–Crippen LogP) is 2.76. The number of benzene rings is 1. The summed E-state index contributed by atoms with van der Waals surface area (Å²) in [4.78, 5) is 45.0. The molecular formula is C21H24FN5O3. The molecule has 1 aromatic heterocycles. The minimum atomic E-state index is -0.811. The van der Waals surface area contributed by atoms with Gasteiger partial charge in [0.05, 0.1) is 11.9 Å². The van der Waals surface area contributed by atoms with Crippen LogP contribution in [-0.2, 0) is 16.6 Å². The van der Waals surface area contributed by atoms with Gasteiger partial charge in [0, 0.05) is 19.7 Å².